The number of fused-ring (bicyclic) bond motifs is 1. The second-order valence-corrected chi connectivity index (χ2v) is 4.97. The number of hydrogen-bond acceptors (Lipinski definition) is 3. The SMILES string of the molecule is Oc1cnc(Sc2ccccc2)c2ccccc12. The molecule has 0 amide bonds. The van der Waals surface area contributed by atoms with Crippen molar-refractivity contribution in [2.75, 3.05) is 0 Å². The van der Waals surface area contributed by atoms with Crippen LogP contribution in [0.5, 0.6) is 5.75 Å². The summed E-state index contributed by atoms with van der Waals surface area (Å²) in [6, 6.07) is 17.9. The van der Waals surface area contributed by atoms with Gasteiger partial charge >= 0.3 is 0 Å². The van der Waals surface area contributed by atoms with E-state index in [2.05, 4.69) is 4.98 Å². The zero-order chi connectivity index (χ0) is 12.4. The predicted octanol–water partition coefficient (Wildman–Crippen LogP) is 4.09. The summed E-state index contributed by atoms with van der Waals surface area (Å²) in [5.74, 6) is 0.225. The smallest absolute Gasteiger partial charge is 0.141 e. The van der Waals surface area contributed by atoms with Gasteiger partial charge in [0.25, 0.3) is 0 Å². The van der Waals surface area contributed by atoms with E-state index in [4.69, 9.17) is 0 Å². The Bertz CT molecular complexity index is 682. The highest BCUT2D eigenvalue weighted by Crippen LogP contribution is 2.34. The Morgan fingerprint density at radius 2 is 1.50 bits per heavy atom. The quantitative estimate of drug-likeness (QED) is 0.746. The van der Waals surface area contributed by atoms with Gasteiger partial charge in [-0.1, -0.05) is 54.2 Å². The van der Waals surface area contributed by atoms with Gasteiger partial charge in [-0.2, -0.15) is 0 Å². The van der Waals surface area contributed by atoms with Crippen LogP contribution in [0.2, 0.25) is 0 Å². The average Bonchev–Trinajstić information content (AvgIpc) is 2.44. The standard InChI is InChI=1S/C15H11NOS/c17-14-10-16-15(13-9-5-4-8-12(13)14)18-11-6-2-1-3-7-11/h1-10,17H. The molecule has 0 saturated heterocycles. The van der Waals surface area contributed by atoms with Crippen LogP contribution in [-0.4, -0.2) is 10.1 Å². The van der Waals surface area contributed by atoms with E-state index in [9.17, 15) is 5.11 Å². The first-order valence-corrected chi connectivity index (χ1v) is 6.46. The Kier molecular flexibility index (Phi) is 2.90. The Labute approximate surface area is 109 Å². The molecule has 0 radical (unpaired) electrons. The molecule has 0 saturated carbocycles. The van der Waals surface area contributed by atoms with Crippen LogP contribution in [0, 0.1) is 0 Å². The topological polar surface area (TPSA) is 33.1 Å². The fourth-order valence-corrected chi connectivity index (χ4v) is 2.74. The molecule has 2 aromatic carbocycles. The highest BCUT2D eigenvalue weighted by atomic mass is 32.2. The molecule has 3 heteroatoms. The van der Waals surface area contributed by atoms with Crippen molar-refractivity contribution in [3.05, 3.63) is 60.8 Å². The predicted molar refractivity (Wildman–Crippen MR) is 74.0 cm³/mol. The Morgan fingerprint density at radius 1 is 0.833 bits per heavy atom. The molecule has 1 aromatic heterocycles. The van der Waals surface area contributed by atoms with Gasteiger partial charge in [0.05, 0.1) is 6.20 Å². The van der Waals surface area contributed by atoms with Crippen LogP contribution in [0.1, 0.15) is 0 Å². The van der Waals surface area contributed by atoms with Gasteiger partial charge < -0.3 is 5.11 Å². The molecule has 1 N–H and O–H groups in total. The van der Waals surface area contributed by atoms with Gasteiger partial charge in [-0.15, -0.1) is 0 Å². The average molecular weight is 253 g/mol. The number of benzene rings is 2. The van der Waals surface area contributed by atoms with Crippen LogP contribution in [0.15, 0.2) is 70.7 Å². The minimum atomic E-state index is 0.225. The van der Waals surface area contributed by atoms with E-state index < -0.39 is 0 Å². The highest BCUT2D eigenvalue weighted by molar-refractivity contribution is 7.99. The summed E-state index contributed by atoms with van der Waals surface area (Å²) in [4.78, 5) is 5.45. The van der Waals surface area contributed by atoms with Crippen molar-refractivity contribution in [1.29, 1.82) is 0 Å². The lowest BCUT2D eigenvalue weighted by Crippen LogP contribution is -1.84. The first kappa shape index (κ1) is 11.1. The molecule has 0 atom stereocenters. The summed E-state index contributed by atoms with van der Waals surface area (Å²) >= 11 is 1.60. The van der Waals surface area contributed by atoms with Crippen molar-refractivity contribution in [2.45, 2.75) is 9.92 Å². The third-order valence-electron chi connectivity index (χ3n) is 2.70. The molecule has 0 fully saturated rings. The van der Waals surface area contributed by atoms with Crippen molar-refractivity contribution in [1.82, 2.24) is 4.98 Å². The van der Waals surface area contributed by atoms with Crippen molar-refractivity contribution in [3.8, 4) is 5.75 Å². The molecule has 0 unspecified atom stereocenters. The summed E-state index contributed by atoms with van der Waals surface area (Å²) in [6.45, 7) is 0. The van der Waals surface area contributed by atoms with Gasteiger partial charge in [0.15, 0.2) is 0 Å². The molecule has 1 heterocycles. The molecule has 3 rings (SSSR count). The lowest BCUT2D eigenvalue weighted by atomic mass is 10.2. The summed E-state index contributed by atoms with van der Waals surface area (Å²) in [6.07, 6.45) is 1.51. The molecular weight excluding hydrogens is 242 g/mol. The third kappa shape index (κ3) is 2.05. The van der Waals surface area contributed by atoms with Crippen molar-refractivity contribution >= 4 is 22.5 Å². The largest absolute Gasteiger partial charge is 0.506 e. The normalized spacial score (nSPS) is 10.7. The van der Waals surface area contributed by atoms with E-state index in [1.54, 1.807) is 11.8 Å². The number of hydrogen-bond donors (Lipinski definition) is 1. The molecule has 0 spiro atoms. The minimum absolute atomic E-state index is 0.225. The number of aromatic nitrogens is 1. The summed E-state index contributed by atoms with van der Waals surface area (Å²) < 4.78 is 0. The lowest BCUT2D eigenvalue weighted by molar-refractivity contribution is 0.478. The maximum atomic E-state index is 9.79. The van der Waals surface area contributed by atoms with Gasteiger partial charge in [0.1, 0.15) is 10.8 Å². The molecule has 2 nitrogen and oxygen atoms in total. The van der Waals surface area contributed by atoms with Gasteiger partial charge in [-0.25, -0.2) is 4.98 Å². The Hall–Kier alpha value is -2.00. The molecule has 0 aliphatic rings. The molecule has 88 valence electrons. The maximum absolute atomic E-state index is 9.79. The molecule has 0 bridgehead atoms. The Morgan fingerprint density at radius 3 is 2.28 bits per heavy atom. The fraction of sp³-hybridized carbons (Fsp3) is 0. The van der Waals surface area contributed by atoms with Crippen LogP contribution in [0.3, 0.4) is 0 Å². The lowest BCUT2D eigenvalue weighted by Gasteiger charge is -2.06. The van der Waals surface area contributed by atoms with Crippen molar-refractivity contribution in [2.24, 2.45) is 0 Å². The van der Waals surface area contributed by atoms with Crippen LogP contribution in [-0.2, 0) is 0 Å². The number of aromatic hydroxyl groups is 1. The highest BCUT2D eigenvalue weighted by Gasteiger charge is 2.07. The van der Waals surface area contributed by atoms with Crippen LogP contribution >= 0.6 is 11.8 Å². The first-order chi connectivity index (χ1) is 8.84. The summed E-state index contributed by atoms with van der Waals surface area (Å²) in [7, 11) is 0. The molecular formula is C15H11NOS. The van der Waals surface area contributed by atoms with Gasteiger partial charge in [0.2, 0.25) is 0 Å². The zero-order valence-corrected chi connectivity index (χ0v) is 10.4. The van der Waals surface area contributed by atoms with Gasteiger partial charge in [-0.3, -0.25) is 0 Å². The number of rotatable bonds is 2. The molecule has 3 aromatic rings. The van der Waals surface area contributed by atoms with Crippen LogP contribution in [0.25, 0.3) is 10.8 Å². The number of nitrogens with zero attached hydrogens (tertiary/aromatic N) is 1. The minimum Gasteiger partial charge on any atom is -0.506 e. The van der Waals surface area contributed by atoms with Crippen molar-refractivity contribution < 1.29 is 5.11 Å². The monoisotopic (exact) mass is 253 g/mol. The number of pyridine rings is 1. The fourth-order valence-electron chi connectivity index (χ4n) is 1.83. The van der Waals surface area contributed by atoms with E-state index in [-0.39, 0.29) is 5.75 Å². The van der Waals surface area contributed by atoms with Gasteiger partial charge in [0, 0.05) is 15.7 Å². The van der Waals surface area contributed by atoms with E-state index >= 15 is 0 Å². The van der Waals surface area contributed by atoms with Gasteiger partial charge in [-0.05, 0) is 12.1 Å². The third-order valence-corrected chi connectivity index (χ3v) is 3.72. The maximum Gasteiger partial charge on any atom is 0.141 e. The van der Waals surface area contributed by atoms with Crippen molar-refractivity contribution in [3.63, 3.8) is 0 Å². The second-order valence-electron chi connectivity index (χ2n) is 3.91. The Balaban J connectivity index is 2.10. The van der Waals surface area contributed by atoms with E-state index in [1.807, 2.05) is 54.6 Å². The zero-order valence-electron chi connectivity index (χ0n) is 9.58. The molecule has 0 aliphatic heterocycles. The van der Waals surface area contributed by atoms with Crippen LogP contribution in [0.4, 0.5) is 0 Å². The van der Waals surface area contributed by atoms with E-state index in [0.717, 1.165) is 20.7 Å². The molecule has 18 heavy (non-hydrogen) atoms. The van der Waals surface area contributed by atoms with E-state index in [1.165, 1.54) is 6.20 Å². The summed E-state index contributed by atoms with van der Waals surface area (Å²) in [5, 5.41) is 12.5. The molecule has 0 aliphatic carbocycles. The van der Waals surface area contributed by atoms with E-state index in [0.29, 0.717) is 0 Å². The van der Waals surface area contributed by atoms with Crippen LogP contribution < -0.4 is 0 Å². The summed E-state index contributed by atoms with van der Waals surface area (Å²) in [5.41, 5.74) is 0. The second kappa shape index (κ2) is 4.70. The first-order valence-electron chi connectivity index (χ1n) is 5.64.